The first-order valence-corrected chi connectivity index (χ1v) is 6.34. The quantitative estimate of drug-likeness (QED) is 0.678. The Morgan fingerprint density at radius 3 is 2.89 bits per heavy atom. The molecular weight excluding hydrogens is 272 g/mol. The van der Waals surface area contributed by atoms with Crippen LogP contribution >= 0.6 is 11.3 Å². The third-order valence-corrected chi connectivity index (χ3v) is 3.58. The molecule has 1 N–H and O–H groups in total. The molecule has 19 heavy (non-hydrogen) atoms. The Morgan fingerprint density at radius 1 is 1.47 bits per heavy atom. The number of hydrogen-bond donors (Lipinski definition) is 1. The molecule has 98 valence electrons. The molecule has 8 nitrogen and oxygen atoms in total. The summed E-state index contributed by atoms with van der Waals surface area (Å²) in [6, 6.07) is 2.38. The Bertz CT molecular complexity index is 646. The van der Waals surface area contributed by atoms with E-state index in [9.17, 15) is 14.9 Å². The van der Waals surface area contributed by atoms with Crippen molar-refractivity contribution in [3.05, 3.63) is 33.0 Å². The van der Waals surface area contributed by atoms with Crippen LogP contribution in [0.3, 0.4) is 0 Å². The van der Waals surface area contributed by atoms with Crippen LogP contribution in [0.4, 0.5) is 11.0 Å². The molecule has 3 rings (SSSR count). The lowest BCUT2D eigenvalue weighted by Gasteiger charge is -1.95. The van der Waals surface area contributed by atoms with Gasteiger partial charge in [0.2, 0.25) is 5.13 Å². The van der Waals surface area contributed by atoms with Crippen molar-refractivity contribution in [2.75, 3.05) is 5.32 Å². The lowest BCUT2D eigenvalue weighted by atomic mass is 10.4. The predicted molar refractivity (Wildman–Crippen MR) is 65.2 cm³/mol. The maximum atomic E-state index is 11.8. The minimum atomic E-state index is -0.701. The first kappa shape index (κ1) is 11.8. The van der Waals surface area contributed by atoms with Crippen molar-refractivity contribution >= 4 is 28.3 Å². The van der Waals surface area contributed by atoms with Crippen molar-refractivity contribution in [3.63, 3.8) is 0 Å². The van der Waals surface area contributed by atoms with Gasteiger partial charge in [0, 0.05) is 5.92 Å². The van der Waals surface area contributed by atoms with E-state index in [-0.39, 0.29) is 5.76 Å². The van der Waals surface area contributed by atoms with Crippen molar-refractivity contribution in [3.8, 4) is 0 Å². The van der Waals surface area contributed by atoms with Crippen molar-refractivity contribution in [2.24, 2.45) is 0 Å². The molecule has 0 atom stereocenters. The summed E-state index contributed by atoms with van der Waals surface area (Å²) in [6.45, 7) is 0. The number of anilines is 1. The monoisotopic (exact) mass is 280 g/mol. The molecule has 0 radical (unpaired) electrons. The van der Waals surface area contributed by atoms with Gasteiger partial charge in [0.15, 0.2) is 5.76 Å². The lowest BCUT2D eigenvalue weighted by molar-refractivity contribution is -0.402. The topological polar surface area (TPSA) is 111 Å². The normalized spacial score (nSPS) is 14.3. The fourth-order valence-corrected chi connectivity index (χ4v) is 2.39. The van der Waals surface area contributed by atoms with Gasteiger partial charge in [-0.15, -0.1) is 10.2 Å². The van der Waals surface area contributed by atoms with Gasteiger partial charge in [0.1, 0.15) is 9.93 Å². The Kier molecular flexibility index (Phi) is 2.75. The van der Waals surface area contributed by atoms with E-state index in [0.29, 0.717) is 11.0 Å². The molecule has 0 aliphatic heterocycles. The summed E-state index contributed by atoms with van der Waals surface area (Å²) < 4.78 is 4.79. The molecule has 1 fully saturated rings. The van der Waals surface area contributed by atoms with Gasteiger partial charge in [-0.05, 0) is 18.9 Å². The van der Waals surface area contributed by atoms with Crippen LogP contribution in [-0.2, 0) is 0 Å². The molecule has 2 aromatic rings. The molecule has 0 bridgehead atoms. The average molecular weight is 280 g/mol. The standard InChI is InChI=1S/C10H8N4O4S/c15-8(6-3-4-7(18-6)14(16)17)11-10-13-12-9(19-10)5-1-2-5/h3-5H,1-2H2,(H,11,13,15). The molecule has 0 saturated heterocycles. The van der Waals surface area contributed by atoms with Crippen molar-refractivity contribution in [2.45, 2.75) is 18.8 Å². The fraction of sp³-hybridized carbons (Fsp3) is 0.300. The predicted octanol–water partition coefficient (Wildman–Crippen LogP) is 2.17. The number of carbonyl (C=O) groups is 1. The molecule has 0 unspecified atom stereocenters. The lowest BCUT2D eigenvalue weighted by Crippen LogP contribution is -2.10. The maximum Gasteiger partial charge on any atom is 0.433 e. The molecular formula is C10H8N4O4S. The number of nitrogens with one attached hydrogen (secondary N) is 1. The Hall–Kier alpha value is -2.29. The van der Waals surface area contributed by atoms with Gasteiger partial charge in [-0.25, -0.2) is 0 Å². The zero-order valence-electron chi connectivity index (χ0n) is 9.53. The second-order valence-corrected chi connectivity index (χ2v) is 5.08. The van der Waals surface area contributed by atoms with E-state index in [4.69, 9.17) is 4.42 Å². The molecule has 0 spiro atoms. The molecule has 1 amide bonds. The smallest absolute Gasteiger partial charge is 0.395 e. The third-order valence-electron chi connectivity index (χ3n) is 2.58. The molecule has 1 saturated carbocycles. The molecule has 1 aliphatic carbocycles. The highest BCUT2D eigenvalue weighted by Gasteiger charge is 2.28. The second-order valence-electron chi connectivity index (χ2n) is 4.07. The first-order chi connectivity index (χ1) is 9.13. The molecule has 2 heterocycles. The summed E-state index contributed by atoms with van der Waals surface area (Å²) in [7, 11) is 0. The zero-order valence-corrected chi connectivity index (χ0v) is 10.3. The van der Waals surface area contributed by atoms with Gasteiger partial charge >= 0.3 is 5.88 Å². The SMILES string of the molecule is O=C(Nc1nnc(C2CC2)s1)c1ccc([N+](=O)[O-])o1. The van der Waals surface area contributed by atoms with E-state index in [1.54, 1.807) is 0 Å². The molecule has 2 aromatic heterocycles. The van der Waals surface area contributed by atoms with Crippen LogP contribution in [0.15, 0.2) is 16.5 Å². The van der Waals surface area contributed by atoms with Crippen LogP contribution in [0.2, 0.25) is 0 Å². The van der Waals surface area contributed by atoms with Crippen LogP contribution in [0.25, 0.3) is 0 Å². The number of nitrogens with zero attached hydrogens (tertiary/aromatic N) is 3. The van der Waals surface area contributed by atoms with Crippen LogP contribution < -0.4 is 5.32 Å². The molecule has 0 aromatic carbocycles. The first-order valence-electron chi connectivity index (χ1n) is 5.52. The minimum Gasteiger partial charge on any atom is -0.395 e. The van der Waals surface area contributed by atoms with Gasteiger partial charge in [-0.3, -0.25) is 20.2 Å². The summed E-state index contributed by atoms with van der Waals surface area (Å²) in [4.78, 5) is 21.5. The highest BCUT2D eigenvalue weighted by Crippen LogP contribution is 2.42. The van der Waals surface area contributed by atoms with Crippen molar-refractivity contribution in [1.29, 1.82) is 0 Å². The molecule has 1 aliphatic rings. The number of aromatic nitrogens is 2. The van der Waals surface area contributed by atoms with Gasteiger partial charge in [-0.1, -0.05) is 11.3 Å². The Labute approximate surface area is 110 Å². The number of furan rings is 1. The largest absolute Gasteiger partial charge is 0.433 e. The summed E-state index contributed by atoms with van der Waals surface area (Å²) in [5.41, 5.74) is 0. The van der Waals surface area contributed by atoms with Gasteiger partial charge in [0.05, 0.1) is 6.07 Å². The summed E-state index contributed by atoms with van der Waals surface area (Å²) in [6.07, 6.45) is 2.21. The van der Waals surface area contributed by atoms with E-state index in [1.165, 1.54) is 17.4 Å². The number of carbonyl (C=O) groups excluding carboxylic acids is 1. The minimum absolute atomic E-state index is 0.130. The van der Waals surface area contributed by atoms with Crippen LogP contribution in [0.5, 0.6) is 0 Å². The van der Waals surface area contributed by atoms with Gasteiger partial charge in [-0.2, -0.15) is 0 Å². The summed E-state index contributed by atoms with van der Waals surface area (Å²) in [5.74, 6) is -0.713. The fourth-order valence-electron chi connectivity index (χ4n) is 1.49. The number of rotatable bonds is 4. The second kappa shape index (κ2) is 4.43. The van der Waals surface area contributed by atoms with E-state index in [0.717, 1.165) is 23.9 Å². The van der Waals surface area contributed by atoms with Crippen LogP contribution in [0, 0.1) is 10.1 Å². The van der Waals surface area contributed by atoms with Crippen molar-refractivity contribution < 1.29 is 14.1 Å². The van der Waals surface area contributed by atoms with Crippen LogP contribution in [0.1, 0.15) is 34.3 Å². The Morgan fingerprint density at radius 2 is 2.26 bits per heavy atom. The van der Waals surface area contributed by atoms with E-state index in [1.807, 2.05) is 0 Å². The number of hydrogen-bond acceptors (Lipinski definition) is 7. The summed E-state index contributed by atoms with van der Waals surface area (Å²) in [5, 5.41) is 22.0. The van der Waals surface area contributed by atoms with Gasteiger partial charge in [0.25, 0.3) is 5.91 Å². The zero-order chi connectivity index (χ0) is 13.4. The van der Waals surface area contributed by atoms with E-state index < -0.39 is 16.7 Å². The maximum absolute atomic E-state index is 11.8. The highest BCUT2D eigenvalue weighted by molar-refractivity contribution is 7.15. The number of amides is 1. The Balaban J connectivity index is 1.70. The molecule has 9 heteroatoms. The van der Waals surface area contributed by atoms with Crippen molar-refractivity contribution in [1.82, 2.24) is 10.2 Å². The van der Waals surface area contributed by atoms with E-state index >= 15 is 0 Å². The third kappa shape index (κ3) is 2.45. The van der Waals surface area contributed by atoms with Crippen LogP contribution in [-0.4, -0.2) is 21.0 Å². The summed E-state index contributed by atoms with van der Waals surface area (Å²) >= 11 is 1.31. The van der Waals surface area contributed by atoms with E-state index in [2.05, 4.69) is 15.5 Å². The highest BCUT2D eigenvalue weighted by atomic mass is 32.1. The average Bonchev–Trinajstić information content (AvgIpc) is 2.92. The number of nitro groups is 1. The van der Waals surface area contributed by atoms with Gasteiger partial charge < -0.3 is 4.42 Å².